The van der Waals surface area contributed by atoms with Crippen LogP contribution < -0.4 is 16.4 Å². The van der Waals surface area contributed by atoms with Gasteiger partial charge in [-0.25, -0.2) is 4.98 Å². The lowest BCUT2D eigenvalue weighted by atomic mass is 10.0. The maximum absolute atomic E-state index is 12.3. The molecule has 13 nitrogen and oxygen atoms in total. The summed E-state index contributed by atoms with van der Waals surface area (Å²) < 4.78 is 21.3. The summed E-state index contributed by atoms with van der Waals surface area (Å²) >= 11 is 0. The van der Waals surface area contributed by atoms with Crippen LogP contribution in [0, 0.1) is 0 Å². The molecule has 41 heavy (non-hydrogen) atoms. The molecule has 0 aliphatic carbocycles. The van der Waals surface area contributed by atoms with Crippen LogP contribution in [0.5, 0.6) is 0 Å². The third kappa shape index (κ3) is 20.0. The molecule has 0 bridgehead atoms. The van der Waals surface area contributed by atoms with Gasteiger partial charge < -0.3 is 40.3 Å². The Labute approximate surface area is 243 Å². The van der Waals surface area contributed by atoms with E-state index in [4.69, 9.17) is 24.7 Å². The highest BCUT2D eigenvalue weighted by Crippen LogP contribution is 2.03. The van der Waals surface area contributed by atoms with Crippen molar-refractivity contribution in [3.63, 3.8) is 0 Å². The van der Waals surface area contributed by atoms with Crippen LogP contribution in [0.2, 0.25) is 0 Å². The van der Waals surface area contributed by atoms with Crippen molar-refractivity contribution in [3.05, 3.63) is 18.2 Å². The third-order valence-corrected chi connectivity index (χ3v) is 6.00. The van der Waals surface area contributed by atoms with Crippen molar-refractivity contribution in [2.24, 2.45) is 5.73 Å². The highest BCUT2D eigenvalue weighted by atomic mass is 16.5. The van der Waals surface area contributed by atoms with Gasteiger partial charge in [0.05, 0.1) is 51.4 Å². The molecule has 1 aromatic heterocycles. The highest BCUT2D eigenvalue weighted by Gasteiger charge is 2.19. The van der Waals surface area contributed by atoms with Crippen molar-refractivity contribution < 1.29 is 38.1 Å². The normalized spacial score (nSPS) is 12.7. The van der Waals surface area contributed by atoms with Gasteiger partial charge in [0.1, 0.15) is 19.0 Å². The van der Waals surface area contributed by atoms with E-state index in [1.807, 2.05) is 6.92 Å². The fraction of sp³-hybridized carbons (Fsp3) is 0.750. The summed E-state index contributed by atoms with van der Waals surface area (Å²) in [6.45, 7) is 6.66. The first-order valence-electron chi connectivity index (χ1n) is 14.4. The number of rotatable bonds is 28. The highest BCUT2D eigenvalue weighted by molar-refractivity contribution is 5.87. The number of hydrogen-bond donors (Lipinski definition) is 4. The number of aromatic amines is 1. The first-order valence-corrected chi connectivity index (χ1v) is 14.4. The zero-order valence-corrected chi connectivity index (χ0v) is 24.6. The number of ether oxygens (including phenoxy) is 4. The standard InChI is InChI=1S/C28H49N5O8/c1-3-10-38-12-14-40-19-24(35)7-6-11-39-13-15-41-20-28(37)31-9-5-4-8-26(22(2)34)32-18-27(36)25(29)16-23-17-30-21-33-23/h17,21,25-26,32H,3-16,18-20,29H2,1-2H3,(H,30,33)(H,31,37)/t25-,26-/m0/s1. The third-order valence-electron chi connectivity index (χ3n) is 6.00. The molecule has 0 fully saturated rings. The molecule has 0 aliphatic heterocycles. The molecule has 0 saturated heterocycles. The smallest absolute Gasteiger partial charge is 0.245 e. The lowest BCUT2D eigenvalue weighted by Crippen LogP contribution is -2.44. The number of nitrogens with two attached hydrogens (primary N) is 1. The van der Waals surface area contributed by atoms with Crippen LogP contribution in [-0.2, 0) is 44.5 Å². The summed E-state index contributed by atoms with van der Waals surface area (Å²) in [7, 11) is 0. The Kier molecular flexibility index (Phi) is 21.4. The maximum atomic E-state index is 12.3. The zero-order chi connectivity index (χ0) is 30.1. The molecule has 1 aromatic rings. The van der Waals surface area contributed by atoms with Gasteiger partial charge in [0.2, 0.25) is 5.91 Å². The van der Waals surface area contributed by atoms with Crippen LogP contribution in [0.25, 0.3) is 0 Å². The van der Waals surface area contributed by atoms with Crippen LogP contribution in [0.1, 0.15) is 58.1 Å². The number of nitrogens with zero attached hydrogens (tertiary/aromatic N) is 1. The van der Waals surface area contributed by atoms with Crippen LogP contribution >= 0.6 is 0 Å². The van der Waals surface area contributed by atoms with E-state index in [2.05, 4.69) is 20.6 Å². The van der Waals surface area contributed by atoms with Crippen molar-refractivity contribution in [1.29, 1.82) is 0 Å². The Bertz CT molecular complexity index is 853. The summed E-state index contributed by atoms with van der Waals surface area (Å²) in [5, 5.41) is 5.78. The van der Waals surface area contributed by atoms with Crippen molar-refractivity contribution >= 4 is 23.3 Å². The Hall–Kier alpha value is -2.55. The van der Waals surface area contributed by atoms with Gasteiger partial charge in [-0.2, -0.15) is 0 Å². The SMILES string of the molecule is CCCOCCOCC(=O)CCCOCCOCC(=O)NCCCC[C@H](NCC(=O)[C@@H](N)Cc1cnc[nH]1)C(C)=O. The predicted octanol–water partition coefficient (Wildman–Crippen LogP) is 0.508. The molecule has 0 aromatic carbocycles. The summed E-state index contributed by atoms with van der Waals surface area (Å²) in [5.74, 6) is -0.427. The number of ketones is 3. The minimum atomic E-state index is -0.679. The predicted molar refractivity (Wildman–Crippen MR) is 152 cm³/mol. The Morgan fingerprint density at radius 3 is 2.34 bits per heavy atom. The van der Waals surface area contributed by atoms with E-state index in [9.17, 15) is 19.2 Å². The number of carbonyl (C=O) groups excluding carboxylic acids is 4. The van der Waals surface area contributed by atoms with Gasteiger partial charge in [0, 0.05) is 44.5 Å². The van der Waals surface area contributed by atoms with Gasteiger partial charge in [-0.1, -0.05) is 6.92 Å². The lowest BCUT2D eigenvalue weighted by molar-refractivity contribution is -0.127. The fourth-order valence-corrected chi connectivity index (χ4v) is 3.68. The Balaban J connectivity index is 1.98. The second-order valence-electron chi connectivity index (χ2n) is 9.72. The van der Waals surface area contributed by atoms with Crippen molar-refractivity contribution in [2.75, 3.05) is 65.9 Å². The van der Waals surface area contributed by atoms with Gasteiger partial charge in [0.15, 0.2) is 11.6 Å². The Morgan fingerprint density at radius 2 is 1.66 bits per heavy atom. The van der Waals surface area contributed by atoms with Crippen molar-refractivity contribution in [1.82, 2.24) is 20.6 Å². The number of hydrogen-bond acceptors (Lipinski definition) is 11. The minimum absolute atomic E-state index is 0.0138. The molecule has 0 radical (unpaired) electrons. The van der Waals surface area contributed by atoms with Gasteiger partial charge in [-0.05, 0) is 39.0 Å². The van der Waals surface area contributed by atoms with E-state index in [1.165, 1.54) is 13.3 Å². The van der Waals surface area contributed by atoms with Gasteiger partial charge in [-0.15, -0.1) is 0 Å². The van der Waals surface area contributed by atoms with Crippen LogP contribution in [-0.4, -0.2) is 111 Å². The average Bonchev–Trinajstić information content (AvgIpc) is 3.46. The Morgan fingerprint density at radius 1 is 0.951 bits per heavy atom. The molecule has 2 atom stereocenters. The van der Waals surface area contributed by atoms with Crippen LogP contribution in [0.15, 0.2) is 12.5 Å². The molecule has 1 rings (SSSR count). The van der Waals surface area contributed by atoms with Gasteiger partial charge in [0.25, 0.3) is 0 Å². The van der Waals surface area contributed by atoms with E-state index >= 15 is 0 Å². The monoisotopic (exact) mass is 583 g/mol. The fourth-order valence-electron chi connectivity index (χ4n) is 3.68. The van der Waals surface area contributed by atoms with Gasteiger partial charge in [-0.3, -0.25) is 19.2 Å². The summed E-state index contributed by atoms with van der Waals surface area (Å²) in [4.78, 5) is 54.7. The van der Waals surface area contributed by atoms with Gasteiger partial charge >= 0.3 is 0 Å². The molecule has 1 heterocycles. The first-order chi connectivity index (χ1) is 19.8. The molecular weight excluding hydrogens is 534 g/mol. The largest absolute Gasteiger partial charge is 0.379 e. The second-order valence-corrected chi connectivity index (χ2v) is 9.72. The molecule has 0 saturated carbocycles. The summed E-state index contributed by atoms with van der Waals surface area (Å²) in [6.07, 6.45) is 7.39. The van der Waals surface area contributed by atoms with Crippen molar-refractivity contribution in [2.45, 2.75) is 70.9 Å². The molecule has 13 heteroatoms. The maximum Gasteiger partial charge on any atom is 0.245 e. The van der Waals surface area contributed by atoms with Crippen LogP contribution in [0.3, 0.4) is 0 Å². The molecule has 234 valence electrons. The van der Waals surface area contributed by atoms with E-state index < -0.39 is 12.1 Å². The number of unbranched alkanes of at least 4 members (excludes halogenated alkanes) is 1. The molecular formula is C28H49N5O8. The van der Waals surface area contributed by atoms with E-state index in [1.54, 1.807) is 6.20 Å². The quantitative estimate of drug-likeness (QED) is 0.101. The van der Waals surface area contributed by atoms with E-state index in [0.29, 0.717) is 78.1 Å². The van der Waals surface area contributed by atoms with Crippen LogP contribution in [0.4, 0.5) is 0 Å². The minimum Gasteiger partial charge on any atom is -0.379 e. The van der Waals surface area contributed by atoms with E-state index in [-0.39, 0.29) is 49.6 Å². The number of nitrogens with one attached hydrogen (secondary N) is 3. The number of amides is 1. The number of carbonyl (C=O) groups is 4. The topological polar surface area (TPSA) is 184 Å². The molecule has 0 spiro atoms. The number of H-pyrrole nitrogens is 1. The molecule has 1 amide bonds. The zero-order valence-electron chi connectivity index (χ0n) is 24.6. The average molecular weight is 584 g/mol. The summed E-state index contributed by atoms with van der Waals surface area (Å²) in [5.41, 5.74) is 6.73. The molecule has 0 unspecified atom stereocenters. The number of imidazole rings is 1. The molecule has 0 aliphatic rings. The van der Waals surface area contributed by atoms with E-state index in [0.717, 1.165) is 12.1 Å². The summed E-state index contributed by atoms with van der Waals surface area (Å²) in [6, 6.07) is -1.12. The first kappa shape index (κ1) is 36.5. The number of Topliss-reactive ketones (excluding diaryl/α,β-unsaturated/α-hetero) is 3. The number of aromatic nitrogens is 2. The second kappa shape index (κ2) is 24.1. The lowest BCUT2D eigenvalue weighted by Gasteiger charge is -2.17. The van der Waals surface area contributed by atoms with Crippen molar-refractivity contribution in [3.8, 4) is 0 Å². The molecule has 5 N–H and O–H groups in total.